The van der Waals surface area contributed by atoms with E-state index in [0.29, 0.717) is 13.2 Å². The molecule has 17 heavy (non-hydrogen) atoms. The second-order valence-electron chi connectivity index (χ2n) is 4.66. The molecule has 0 bridgehead atoms. The molecule has 1 N–H and O–H groups in total. The molecule has 1 aliphatic heterocycles. The number of hydrogen-bond acceptors (Lipinski definition) is 4. The van der Waals surface area contributed by atoms with Crippen molar-refractivity contribution in [2.45, 2.75) is 45.4 Å². The van der Waals surface area contributed by atoms with Crippen molar-refractivity contribution in [2.24, 2.45) is 0 Å². The zero-order valence-electron chi connectivity index (χ0n) is 11.1. The Kier molecular flexibility index (Phi) is 8.70. The lowest BCUT2D eigenvalue weighted by molar-refractivity contribution is 0.0735. The van der Waals surface area contributed by atoms with E-state index in [4.69, 9.17) is 14.3 Å². The Morgan fingerprint density at radius 3 is 2.24 bits per heavy atom. The summed E-state index contributed by atoms with van der Waals surface area (Å²) in [4.78, 5) is 2.35. The predicted molar refractivity (Wildman–Crippen MR) is 69.7 cm³/mol. The fourth-order valence-corrected chi connectivity index (χ4v) is 2.06. The van der Waals surface area contributed by atoms with Crippen LogP contribution in [-0.2, 0) is 9.31 Å². The lowest BCUT2D eigenvalue weighted by Gasteiger charge is -2.25. The Balaban J connectivity index is 1.98. The first kappa shape index (κ1) is 15.0. The highest BCUT2D eigenvalue weighted by molar-refractivity contribution is 6.34. The summed E-state index contributed by atoms with van der Waals surface area (Å²) >= 11 is 0. The number of hydrogen-bond donors (Lipinski definition) is 1. The summed E-state index contributed by atoms with van der Waals surface area (Å²) < 4.78 is 10.1. The summed E-state index contributed by atoms with van der Waals surface area (Å²) in [7, 11) is -1.02. The van der Waals surface area contributed by atoms with Gasteiger partial charge in [0.25, 0.3) is 0 Å². The van der Waals surface area contributed by atoms with Crippen molar-refractivity contribution in [1.82, 2.24) is 4.90 Å². The lowest BCUT2D eigenvalue weighted by atomic mass is 10.1. The molecule has 0 unspecified atom stereocenters. The molecule has 1 fully saturated rings. The Hall–Kier alpha value is -0.0951. The van der Waals surface area contributed by atoms with E-state index in [-0.39, 0.29) is 0 Å². The van der Waals surface area contributed by atoms with Gasteiger partial charge in [-0.2, -0.15) is 0 Å². The molecule has 0 aromatic rings. The summed E-state index contributed by atoms with van der Waals surface area (Å²) in [5.41, 5.74) is 0. The summed E-state index contributed by atoms with van der Waals surface area (Å²) in [5, 5.41) is 9.13. The molecule has 0 amide bonds. The minimum absolute atomic E-state index is 0.553. The predicted octanol–water partition coefficient (Wildman–Crippen LogP) is 1.67. The van der Waals surface area contributed by atoms with E-state index in [1.165, 1.54) is 38.5 Å². The molecule has 1 heterocycles. The first-order valence-electron chi connectivity index (χ1n) is 6.96. The van der Waals surface area contributed by atoms with Gasteiger partial charge < -0.3 is 14.3 Å². The van der Waals surface area contributed by atoms with Crippen LogP contribution in [0.15, 0.2) is 0 Å². The van der Waals surface area contributed by atoms with Crippen molar-refractivity contribution in [2.75, 3.05) is 32.8 Å². The SMILES string of the molecule is CCCCCCCCN1CCOB(O)OCC1. The summed E-state index contributed by atoms with van der Waals surface area (Å²) in [6.45, 7) is 6.27. The van der Waals surface area contributed by atoms with Crippen LogP contribution in [0.4, 0.5) is 0 Å². The summed E-state index contributed by atoms with van der Waals surface area (Å²) in [6.07, 6.45) is 7.97. The molecule has 0 radical (unpaired) electrons. The van der Waals surface area contributed by atoms with Gasteiger partial charge in [0.1, 0.15) is 0 Å². The number of nitrogens with zero attached hydrogens (tertiary/aromatic N) is 1. The smallest absolute Gasteiger partial charge is 0.402 e. The van der Waals surface area contributed by atoms with Crippen molar-refractivity contribution >= 4 is 7.32 Å². The zero-order chi connectivity index (χ0) is 12.3. The van der Waals surface area contributed by atoms with Gasteiger partial charge in [-0.05, 0) is 13.0 Å². The third-order valence-corrected chi connectivity index (χ3v) is 3.16. The van der Waals surface area contributed by atoms with Gasteiger partial charge in [0, 0.05) is 26.3 Å². The van der Waals surface area contributed by atoms with Gasteiger partial charge in [-0.25, -0.2) is 0 Å². The van der Waals surface area contributed by atoms with E-state index in [1.807, 2.05) is 0 Å². The van der Waals surface area contributed by atoms with Gasteiger partial charge in [0.15, 0.2) is 0 Å². The number of rotatable bonds is 7. The Labute approximate surface area is 105 Å². The highest BCUT2D eigenvalue weighted by Gasteiger charge is 2.19. The van der Waals surface area contributed by atoms with E-state index in [9.17, 15) is 0 Å². The molecule has 0 aromatic heterocycles. The van der Waals surface area contributed by atoms with Crippen molar-refractivity contribution in [3.05, 3.63) is 0 Å². The fourth-order valence-electron chi connectivity index (χ4n) is 2.06. The van der Waals surface area contributed by atoms with Crippen molar-refractivity contribution in [3.8, 4) is 0 Å². The number of unbranched alkanes of at least 4 members (excludes halogenated alkanes) is 5. The van der Waals surface area contributed by atoms with Crippen LogP contribution in [0.2, 0.25) is 0 Å². The van der Waals surface area contributed by atoms with Crippen LogP contribution in [0, 0.1) is 0 Å². The minimum Gasteiger partial charge on any atom is -0.402 e. The minimum atomic E-state index is -1.02. The molecule has 0 aromatic carbocycles. The molecule has 1 saturated heterocycles. The van der Waals surface area contributed by atoms with Gasteiger partial charge in [0.05, 0.1) is 0 Å². The molecular formula is C12H26BNO3. The topological polar surface area (TPSA) is 41.9 Å². The van der Waals surface area contributed by atoms with Crippen molar-refractivity contribution in [3.63, 3.8) is 0 Å². The van der Waals surface area contributed by atoms with Gasteiger partial charge in [0.2, 0.25) is 0 Å². The van der Waals surface area contributed by atoms with E-state index in [2.05, 4.69) is 11.8 Å². The maximum atomic E-state index is 9.13. The van der Waals surface area contributed by atoms with Crippen LogP contribution >= 0.6 is 0 Å². The fraction of sp³-hybridized carbons (Fsp3) is 1.00. The van der Waals surface area contributed by atoms with Gasteiger partial charge in [-0.1, -0.05) is 39.0 Å². The third-order valence-electron chi connectivity index (χ3n) is 3.16. The Morgan fingerprint density at radius 2 is 1.59 bits per heavy atom. The van der Waals surface area contributed by atoms with Crippen LogP contribution < -0.4 is 0 Å². The largest absolute Gasteiger partial charge is 0.636 e. The average molecular weight is 243 g/mol. The maximum Gasteiger partial charge on any atom is 0.636 e. The highest BCUT2D eigenvalue weighted by Crippen LogP contribution is 2.06. The van der Waals surface area contributed by atoms with E-state index >= 15 is 0 Å². The van der Waals surface area contributed by atoms with Crippen molar-refractivity contribution < 1.29 is 14.3 Å². The maximum absolute atomic E-state index is 9.13. The molecule has 0 atom stereocenters. The monoisotopic (exact) mass is 243 g/mol. The highest BCUT2D eigenvalue weighted by atomic mass is 16.7. The average Bonchev–Trinajstić information content (AvgIpc) is 2.29. The van der Waals surface area contributed by atoms with Gasteiger partial charge in [-0.15, -0.1) is 0 Å². The molecule has 0 saturated carbocycles. The van der Waals surface area contributed by atoms with Crippen LogP contribution in [0.3, 0.4) is 0 Å². The van der Waals surface area contributed by atoms with Gasteiger partial charge in [-0.3, -0.25) is 4.90 Å². The van der Waals surface area contributed by atoms with Crippen molar-refractivity contribution in [1.29, 1.82) is 0 Å². The van der Waals surface area contributed by atoms with E-state index in [0.717, 1.165) is 19.6 Å². The summed E-state index contributed by atoms with van der Waals surface area (Å²) in [6, 6.07) is 0. The van der Waals surface area contributed by atoms with Crippen LogP contribution in [0.1, 0.15) is 45.4 Å². The molecule has 1 rings (SSSR count). The quantitative estimate of drug-likeness (QED) is 0.545. The van der Waals surface area contributed by atoms with Crippen LogP contribution in [0.5, 0.6) is 0 Å². The molecule has 5 heteroatoms. The first-order chi connectivity index (χ1) is 8.33. The Morgan fingerprint density at radius 1 is 1.00 bits per heavy atom. The molecular weight excluding hydrogens is 217 g/mol. The first-order valence-corrected chi connectivity index (χ1v) is 6.96. The molecule has 100 valence electrons. The second-order valence-corrected chi connectivity index (χ2v) is 4.66. The standard InChI is InChI=1S/C12H26BNO3/c1-2-3-4-5-6-7-8-14-9-11-16-13(15)17-12-10-14/h15H,2-12H2,1H3. The van der Waals surface area contributed by atoms with Crippen LogP contribution in [-0.4, -0.2) is 50.1 Å². The third kappa shape index (κ3) is 7.76. The molecule has 0 aliphatic carbocycles. The molecule has 4 nitrogen and oxygen atoms in total. The van der Waals surface area contributed by atoms with Gasteiger partial charge >= 0.3 is 7.32 Å². The Bertz CT molecular complexity index is 173. The molecule has 1 aliphatic rings. The second kappa shape index (κ2) is 9.89. The van der Waals surface area contributed by atoms with Crippen LogP contribution in [0.25, 0.3) is 0 Å². The normalized spacial score (nSPS) is 19.1. The van der Waals surface area contributed by atoms with E-state index < -0.39 is 7.32 Å². The molecule has 0 spiro atoms. The van der Waals surface area contributed by atoms with E-state index in [1.54, 1.807) is 0 Å². The summed E-state index contributed by atoms with van der Waals surface area (Å²) in [5.74, 6) is 0. The zero-order valence-corrected chi connectivity index (χ0v) is 11.1. The lowest BCUT2D eigenvalue weighted by Crippen LogP contribution is -2.39.